The molecule has 0 bridgehead atoms. The minimum absolute atomic E-state index is 0.299. The minimum Gasteiger partial charge on any atom is -0.429 e. The van der Waals surface area contributed by atoms with Gasteiger partial charge in [0.15, 0.2) is 0 Å². The Labute approximate surface area is 111 Å². The van der Waals surface area contributed by atoms with Crippen LogP contribution < -0.4 is 15.5 Å². The fourth-order valence-corrected chi connectivity index (χ4v) is 1.10. The number of hydrogen-bond donors (Lipinski definition) is 2. The molecule has 0 saturated heterocycles. The fourth-order valence-electron chi connectivity index (χ4n) is 1.06. The van der Waals surface area contributed by atoms with E-state index < -0.39 is 17.8 Å². The number of anilines is 1. The van der Waals surface area contributed by atoms with Gasteiger partial charge in [0.25, 0.3) is 5.63 Å². The average molecular weight is 299 g/mol. The Hall–Kier alpha value is -1.67. The van der Waals surface area contributed by atoms with E-state index in [0.717, 1.165) is 12.1 Å². The largest absolute Gasteiger partial charge is 0.444 e. The predicted molar refractivity (Wildman–Crippen MR) is 61.9 cm³/mol. The van der Waals surface area contributed by atoms with E-state index in [1.165, 1.54) is 19.2 Å². The summed E-state index contributed by atoms with van der Waals surface area (Å²) in [6.45, 7) is 0. The van der Waals surface area contributed by atoms with E-state index >= 15 is 0 Å². The molecule has 0 saturated carbocycles. The van der Waals surface area contributed by atoms with E-state index in [0.29, 0.717) is 5.69 Å². The van der Waals surface area contributed by atoms with Crippen LogP contribution in [0.25, 0.3) is 0 Å². The van der Waals surface area contributed by atoms with Crippen molar-refractivity contribution < 1.29 is 27.5 Å². The van der Waals surface area contributed by atoms with Crippen LogP contribution in [0.15, 0.2) is 24.3 Å². The average Bonchev–Trinajstić information content (AvgIpc) is 2.31. The van der Waals surface area contributed by atoms with E-state index in [1.807, 2.05) is 5.48 Å². The van der Waals surface area contributed by atoms with Gasteiger partial charge in [0.1, 0.15) is 5.75 Å². The highest BCUT2D eigenvalue weighted by Gasteiger charge is 2.42. The number of nitrogens with one attached hydrogen (secondary N) is 2. The lowest BCUT2D eigenvalue weighted by molar-refractivity contribution is -0.199. The first kappa shape index (κ1) is 15.4. The van der Waals surface area contributed by atoms with Crippen LogP contribution in [0.4, 0.5) is 23.7 Å². The Morgan fingerprint density at radius 3 is 2.42 bits per heavy atom. The number of carbonyl (C=O) groups is 1. The van der Waals surface area contributed by atoms with Crippen LogP contribution in [-0.2, 0) is 4.84 Å². The smallest absolute Gasteiger partial charge is 0.429 e. The summed E-state index contributed by atoms with van der Waals surface area (Å²) in [5, 5.41) is 2.34. The highest BCUT2D eigenvalue weighted by molar-refractivity contribution is 6.20. The van der Waals surface area contributed by atoms with Gasteiger partial charge in [0, 0.05) is 5.69 Å². The molecule has 0 spiro atoms. The quantitative estimate of drug-likeness (QED) is 0.649. The van der Waals surface area contributed by atoms with Crippen LogP contribution in [0.2, 0.25) is 0 Å². The molecule has 0 radical (unpaired) electrons. The number of halogens is 4. The molecule has 0 aromatic heterocycles. The third kappa shape index (κ3) is 4.84. The molecule has 0 aliphatic rings. The predicted octanol–water partition coefficient (Wildman–Crippen LogP) is 2.88. The summed E-state index contributed by atoms with van der Waals surface area (Å²) < 4.78 is 42.0. The molecule has 1 atom stereocenters. The lowest BCUT2D eigenvalue weighted by Gasteiger charge is -2.17. The van der Waals surface area contributed by atoms with Crippen molar-refractivity contribution >= 4 is 23.3 Å². The van der Waals surface area contributed by atoms with Crippen molar-refractivity contribution in [2.24, 2.45) is 0 Å². The summed E-state index contributed by atoms with van der Waals surface area (Å²) in [6.07, 6.45) is -4.13. The molecule has 0 heterocycles. The maximum Gasteiger partial charge on any atom is 0.444 e. The molecule has 2 N–H and O–H groups in total. The van der Waals surface area contributed by atoms with Gasteiger partial charge >= 0.3 is 12.1 Å². The highest BCUT2D eigenvalue weighted by atomic mass is 35.5. The number of ether oxygens (including phenoxy) is 1. The van der Waals surface area contributed by atoms with Gasteiger partial charge in [0.2, 0.25) is 0 Å². The molecule has 1 rings (SSSR count). The molecule has 1 aromatic carbocycles. The second-order valence-electron chi connectivity index (χ2n) is 3.25. The van der Waals surface area contributed by atoms with Crippen LogP contribution in [0.1, 0.15) is 0 Å². The van der Waals surface area contributed by atoms with Crippen LogP contribution in [-0.4, -0.2) is 24.9 Å². The Kier molecular flexibility index (Phi) is 5.25. The van der Waals surface area contributed by atoms with E-state index in [2.05, 4.69) is 26.5 Å². The number of benzene rings is 1. The molecule has 1 aromatic rings. The number of amides is 2. The Morgan fingerprint density at radius 2 is 1.95 bits per heavy atom. The van der Waals surface area contributed by atoms with Crippen molar-refractivity contribution in [3.8, 4) is 5.75 Å². The summed E-state index contributed by atoms with van der Waals surface area (Å²) in [5.74, 6) is -0.300. The topological polar surface area (TPSA) is 59.6 Å². The molecule has 19 heavy (non-hydrogen) atoms. The van der Waals surface area contributed by atoms with Crippen molar-refractivity contribution in [1.82, 2.24) is 5.48 Å². The first-order valence-corrected chi connectivity index (χ1v) is 5.34. The summed E-state index contributed by atoms with van der Waals surface area (Å²) >= 11 is 4.63. The number of alkyl halides is 4. The molecule has 1 unspecified atom stereocenters. The molecule has 0 aliphatic heterocycles. The lowest BCUT2D eigenvalue weighted by atomic mass is 10.3. The standard InChI is InChI=1S/C10H10ClF3N2O3/c1-18-16-9(17)15-6-2-4-7(5-3-6)19-10(13,14)8(11)12/h2-5,8H,1H3,(H2,15,16,17). The maximum absolute atomic E-state index is 12.8. The Bertz CT molecular complexity index is 429. The molecule has 2 amide bonds. The maximum atomic E-state index is 12.8. The van der Waals surface area contributed by atoms with Crippen molar-refractivity contribution in [1.29, 1.82) is 0 Å². The summed E-state index contributed by atoms with van der Waals surface area (Å²) in [7, 11) is 1.25. The Morgan fingerprint density at radius 1 is 1.37 bits per heavy atom. The van der Waals surface area contributed by atoms with Crippen molar-refractivity contribution in [3.63, 3.8) is 0 Å². The van der Waals surface area contributed by atoms with Crippen LogP contribution in [0.3, 0.4) is 0 Å². The normalized spacial score (nSPS) is 12.7. The van der Waals surface area contributed by atoms with Gasteiger partial charge in [0.05, 0.1) is 7.11 Å². The third-order valence-electron chi connectivity index (χ3n) is 1.81. The molecular formula is C10H10ClF3N2O3. The third-order valence-corrected chi connectivity index (χ3v) is 2.07. The zero-order valence-corrected chi connectivity index (χ0v) is 10.4. The molecule has 106 valence electrons. The molecule has 0 aliphatic carbocycles. The zero-order chi connectivity index (χ0) is 14.5. The minimum atomic E-state index is -4.13. The van der Waals surface area contributed by atoms with Crippen molar-refractivity contribution in [3.05, 3.63) is 24.3 Å². The van der Waals surface area contributed by atoms with Crippen LogP contribution in [0, 0.1) is 0 Å². The van der Waals surface area contributed by atoms with Gasteiger partial charge in [-0.05, 0) is 24.3 Å². The van der Waals surface area contributed by atoms with Gasteiger partial charge in [-0.15, -0.1) is 0 Å². The summed E-state index contributed by atoms with van der Waals surface area (Å²) in [4.78, 5) is 15.4. The number of carbonyl (C=O) groups excluding carboxylic acids is 1. The van der Waals surface area contributed by atoms with Gasteiger partial charge in [-0.2, -0.15) is 8.78 Å². The second-order valence-corrected chi connectivity index (χ2v) is 3.63. The number of urea groups is 1. The monoisotopic (exact) mass is 298 g/mol. The van der Waals surface area contributed by atoms with E-state index in [1.54, 1.807) is 0 Å². The summed E-state index contributed by atoms with van der Waals surface area (Å²) in [6, 6.07) is 4.15. The first-order chi connectivity index (χ1) is 8.85. The van der Waals surface area contributed by atoms with E-state index in [9.17, 15) is 18.0 Å². The van der Waals surface area contributed by atoms with Gasteiger partial charge < -0.3 is 10.1 Å². The SMILES string of the molecule is CONC(=O)Nc1ccc(OC(F)(F)C(F)Cl)cc1. The van der Waals surface area contributed by atoms with Crippen molar-refractivity contribution in [2.45, 2.75) is 11.7 Å². The number of rotatable bonds is 5. The van der Waals surface area contributed by atoms with Gasteiger partial charge in [-0.25, -0.2) is 14.7 Å². The highest BCUT2D eigenvalue weighted by Crippen LogP contribution is 2.29. The molecular weight excluding hydrogens is 289 g/mol. The fraction of sp³-hybridized carbons (Fsp3) is 0.300. The zero-order valence-electron chi connectivity index (χ0n) is 9.62. The van der Waals surface area contributed by atoms with Gasteiger partial charge in [-0.1, -0.05) is 11.6 Å². The van der Waals surface area contributed by atoms with Crippen LogP contribution in [0.5, 0.6) is 5.75 Å². The Balaban J connectivity index is 2.64. The first-order valence-electron chi connectivity index (χ1n) is 4.90. The molecule has 0 fully saturated rings. The number of hydroxylamine groups is 1. The summed E-state index contributed by atoms with van der Waals surface area (Å²) in [5.41, 5.74) is -0.668. The van der Waals surface area contributed by atoms with Gasteiger partial charge in [-0.3, -0.25) is 4.84 Å². The van der Waals surface area contributed by atoms with E-state index in [4.69, 9.17) is 0 Å². The van der Waals surface area contributed by atoms with Crippen molar-refractivity contribution in [2.75, 3.05) is 12.4 Å². The molecule has 5 nitrogen and oxygen atoms in total. The molecule has 9 heteroatoms. The number of hydrogen-bond acceptors (Lipinski definition) is 3. The van der Waals surface area contributed by atoms with Crippen LogP contribution >= 0.6 is 11.6 Å². The van der Waals surface area contributed by atoms with E-state index in [-0.39, 0.29) is 5.75 Å². The lowest BCUT2D eigenvalue weighted by Crippen LogP contribution is -2.32. The second kappa shape index (κ2) is 6.48.